The molecule has 156 valence electrons. The Morgan fingerprint density at radius 1 is 1.19 bits per heavy atom. The lowest BCUT2D eigenvalue weighted by molar-refractivity contribution is -0.121. The van der Waals surface area contributed by atoms with Gasteiger partial charge in [0.05, 0.1) is 23.5 Å². The van der Waals surface area contributed by atoms with Gasteiger partial charge in [0, 0.05) is 18.4 Å². The molecule has 0 atom stereocenters. The van der Waals surface area contributed by atoms with Crippen molar-refractivity contribution in [2.24, 2.45) is 4.99 Å². The number of imide groups is 1. The molecule has 1 aliphatic heterocycles. The molecule has 0 spiro atoms. The molecule has 4 rings (SSSR count). The summed E-state index contributed by atoms with van der Waals surface area (Å²) in [5.41, 5.74) is 1.45. The van der Waals surface area contributed by atoms with Crippen molar-refractivity contribution in [2.45, 2.75) is 26.3 Å². The van der Waals surface area contributed by atoms with E-state index >= 15 is 0 Å². The van der Waals surface area contributed by atoms with E-state index in [4.69, 9.17) is 11.2 Å². The number of fused-ring (bicyclic) bond motifs is 1. The van der Waals surface area contributed by atoms with E-state index in [2.05, 4.69) is 10.9 Å². The first-order valence-electron chi connectivity index (χ1n) is 9.77. The molecule has 0 saturated carbocycles. The first-order chi connectivity index (χ1) is 15.0. The number of thiazole rings is 1. The molecule has 7 nitrogen and oxygen atoms in total. The Balaban J connectivity index is 1.78. The second-order valence-corrected chi connectivity index (χ2v) is 7.81. The Hall–Kier alpha value is -3.70. The molecule has 0 bridgehead atoms. The minimum Gasteiger partial charge on any atom is -0.492 e. The molecule has 0 unspecified atom stereocenters. The van der Waals surface area contributed by atoms with Gasteiger partial charge in [0.25, 0.3) is 5.91 Å². The van der Waals surface area contributed by atoms with Crippen molar-refractivity contribution < 1.29 is 19.1 Å². The highest BCUT2D eigenvalue weighted by Gasteiger charge is 2.30. The SMILES string of the molecule is C#CCn1c(=NC(=O)c2cccc(N3C(=O)CCC3=O)c2)sc2cccc(OCC)c21. The van der Waals surface area contributed by atoms with Crippen LogP contribution in [0.2, 0.25) is 0 Å². The molecule has 2 aromatic carbocycles. The Labute approximate surface area is 182 Å². The zero-order chi connectivity index (χ0) is 22.0. The van der Waals surface area contributed by atoms with Gasteiger partial charge in [-0.15, -0.1) is 6.42 Å². The molecule has 1 aromatic heterocycles. The maximum atomic E-state index is 12.9. The summed E-state index contributed by atoms with van der Waals surface area (Å²) in [6, 6.07) is 12.0. The first-order valence-corrected chi connectivity index (χ1v) is 10.6. The quantitative estimate of drug-likeness (QED) is 0.457. The minimum atomic E-state index is -0.490. The Morgan fingerprint density at radius 2 is 1.94 bits per heavy atom. The third-order valence-corrected chi connectivity index (χ3v) is 5.86. The number of nitrogens with zero attached hydrogens (tertiary/aromatic N) is 3. The number of para-hydroxylation sites is 1. The van der Waals surface area contributed by atoms with Gasteiger partial charge >= 0.3 is 0 Å². The van der Waals surface area contributed by atoms with Gasteiger partial charge in [-0.05, 0) is 37.3 Å². The molecule has 0 aliphatic carbocycles. The predicted octanol–water partition coefficient (Wildman–Crippen LogP) is 3.13. The van der Waals surface area contributed by atoms with Gasteiger partial charge in [-0.3, -0.25) is 19.3 Å². The predicted molar refractivity (Wildman–Crippen MR) is 118 cm³/mol. The summed E-state index contributed by atoms with van der Waals surface area (Å²) in [5, 5.41) is 0. The zero-order valence-corrected chi connectivity index (χ0v) is 17.6. The van der Waals surface area contributed by atoms with Gasteiger partial charge in [0.1, 0.15) is 11.3 Å². The van der Waals surface area contributed by atoms with E-state index in [0.717, 1.165) is 15.1 Å². The number of ether oxygens (including phenoxy) is 1. The number of hydrogen-bond acceptors (Lipinski definition) is 5. The molecule has 1 aliphatic rings. The van der Waals surface area contributed by atoms with E-state index in [-0.39, 0.29) is 36.8 Å². The molecule has 2 heterocycles. The van der Waals surface area contributed by atoms with Crippen LogP contribution in [0, 0.1) is 12.3 Å². The van der Waals surface area contributed by atoms with Gasteiger partial charge in [0.15, 0.2) is 4.80 Å². The maximum absolute atomic E-state index is 12.9. The molecule has 3 aromatic rings. The lowest BCUT2D eigenvalue weighted by Crippen LogP contribution is -2.28. The number of carbonyl (C=O) groups is 3. The third kappa shape index (κ3) is 3.88. The van der Waals surface area contributed by atoms with Crippen molar-refractivity contribution in [1.29, 1.82) is 0 Å². The highest BCUT2D eigenvalue weighted by atomic mass is 32.1. The van der Waals surface area contributed by atoms with E-state index in [1.165, 1.54) is 17.4 Å². The number of terminal acetylenes is 1. The molecule has 8 heteroatoms. The van der Waals surface area contributed by atoms with Gasteiger partial charge in [0.2, 0.25) is 11.8 Å². The molecule has 0 N–H and O–H groups in total. The highest BCUT2D eigenvalue weighted by Crippen LogP contribution is 2.28. The van der Waals surface area contributed by atoms with Crippen molar-refractivity contribution in [3.63, 3.8) is 0 Å². The van der Waals surface area contributed by atoms with Crippen LogP contribution >= 0.6 is 11.3 Å². The van der Waals surface area contributed by atoms with Crippen molar-refractivity contribution >= 4 is 45.0 Å². The van der Waals surface area contributed by atoms with Gasteiger partial charge < -0.3 is 9.30 Å². The van der Waals surface area contributed by atoms with Crippen LogP contribution in [-0.4, -0.2) is 28.9 Å². The molecular formula is C23H19N3O4S. The average molecular weight is 433 g/mol. The van der Waals surface area contributed by atoms with Gasteiger partial charge in [-0.25, -0.2) is 0 Å². The van der Waals surface area contributed by atoms with E-state index in [1.54, 1.807) is 22.8 Å². The highest BCUT2D eigenvalue weighted by molar-refractivity contribution is 7.16. The summed E-state index contributed by atoms with van der Waals surface area (Å²) in [4.78, 5) is 42.8. The number of hydrogen-bond donors (Lipinski definition) is 0. The van der Waals surface area contributed by atoms with Crippen LogP contribution in [0.15, 0.2) is 47.5 Å². The van der Waals surface area contributed by atoms with Crippen LogP contribution in [0.5, 0.6) is 5.75 Å². The second kappa shape index (κ2) is 8.58. The van der Waals surface area contributed by atoms with Crippen LogP contribution in [0.4, 0.5) is 5.69 Å². The summed E-state index contributed by atoms with van der Waals surface area (Å²) in [6.07, 6.45) is 5.91. The van der Waals surface area contributed by atoms with E-state index < -0.39 is 5.91 Å². The number of benzene rings is 2. The van der Waals surface area contributed by atoms with E-state index in [1.807, 2.05) is 25.1 Å². The molecule has 1 saturated heterocycles. The van der Waals surface area contributed by atoms with Crippen LogP contribution in [0.3, 0.4) is 0 Å². The summed E-state index contributed by atoms with van der Waals surface area (Å²) in [6.45, 7) is 2.62. The van der Waals surface area contributed by atoms with Gasteiger partial charge in [-0.2, -0.15) is 4.99 Å². The fourth-order valence-electron chi connectivity index (χ4n) is 3.49. The first kappa shape index (κ1) is 20.6. The summed E-state index contributed by atoms with van der Waals surface area (Å²) in [5.74, 6) is 2.24. The zero-order valence-electron chi connectivity index (χ0n) is 16.8. The lowest BCUT2D eigenvalue weighted by Gasteiger charge is -2.14. The minimum absolute atomic E-state index is 0.178. The second-order valence-electron chi connectivity index (χ2n) is 6.80. The smallest absolute Gasteiger partial charge is 0.279 e. The molecule has 31 heavy (non-hydrogen) atoms. The average Bonchev–Trinajstić information content (AvgIpc) is 3.28. The van der Waals surface area contributed by atoms with Crippen molar-refractivity contribution in [1.82, 2.24) is 4.57 Å². The topological polar surface area (TPSA) is 81.0 Å². The molecular weight excluding hydrogens is 414 g/mol. The molecule has 1 fully saturated rings. The summed E-state index contributed by atoms with van der Waals surface area (Å²) in [7, 11) is 0. The fourth-order valence-corrected chi connectivity index (χ4v) is 4.53. The van der Waals surface area contributed by atoms with Crippen LogP contribution in [0.1, 0.15) is 30.1 Å². The van der Waals surface area contributed by atoms with Crippen LogP contribution in [0.25, 0.3) is 10.2 Å². The van der Waals surface area contributed by atoms with Crippen LogP contribution < -0.4 is 14.4 Å². The third-order valence-electron chi connectivity index (χ3n) is 4.81. The lowest BCUT2D eigenvalue weighted by atomic mass is 10.2. The number of aromatic nitrogens is 1. The van der Waals surface area contributed by atoms with E-state index in [0.29, 0.717) is 22.8 Å². The van der Waals surface area contributed by atoms with Crippen molar-refractivity contribution in [2.75, 3.05) is 11.5 Å². The van der Waals surface area contributed by atoms with Gasteiger partial charge in [-0.1, -0.05) is 29.4 Å². The Bertz CT molecular complexity index is 1300. The Morgan fingerprint density at radius 3 is 2.65 bits per heavy atom. The molecule has 3 amide bonds. The van der Waals surface area contributed by atoms with Crippen molar-refractivity contribution in [3.05, 3.63) is 52.8 Å². The number of rotatable bonds is 5. The normalized spacial score (nSPS) is 14.3. The van der Waals surface area contributed by atoms with Crippen molar-refractivity contribution in [3.8, 4) is 18.1 Å². The fraction of sp³-hybridized carbons (Fsp3) is 0.217. The Kier molecular flexibility index (Phi) is 5.69. The number of amides is 3. The monoisotopic (exact) mass is 433 g/mol. The number of anilines is 1. The largest absolute Gasteiger partial charge is 0.492 e. The van der Waals surface area contributed by atoms with Crippen LogP contribution in [-0.2, 0) is 16.1 Å². The number of carbonyl (C=O) groups excluding carboxylic acids is 3. The standard InChI is InChI=1S/C23H19N3O4S/c1-3-13-25-21-17(30-4-2)9-6-10-18(21)31-23(25)24-22(29)15-7-5-8-16(14-15)26-19(27)11-12-20(26)28/h1,5-10,14H,4,11-13H2,2H3. The summed E-state index contributed by atoms with van der Waals surface area (Å²) >= 11 is 1.34. The van der Waals surface area contributed by atoms with E-state index in [9.17, 15) is 14.4 Å². The maximum Gasteiger partial charge on any atom is 0.279 e. The summed E-state index contributed by atoms with van der Waals surface area (Å²) < 4.78 is 8.40. The molecule has 0 radical (unpaired) electrons.